The zero-order valence-corrected chi connectivity index (χ0v) is 8.29. The fourth-order valence-electron chi connectivity index (χ4n) is 0.924. The van der Waals surface area contributed by atoms with E-state index in [0.717, 1.165) is 16.6 Å². The number of aromatic nitrogens is 1. The summed E-state index contributed by atoms with van der Waals surface area (Å²) in [4.78, 5) is 4.16. The number of nitrogens with two attached hydrogens (primary N) is 1. The fourth-order valence-corrected chi connectivity index (χ4v) is 1.28. The van der Waals surface area contributed by atoms with Crippen molar-refractivity contribution in [1.29, 1.82) is 0 Å². The predicted molar refractivity (Wildman–Crippen MR) is 53.7 cm³/mol. The highest BCUT2D eigenvalue weighted by molar-refractivity contribution is 9.10. The van der Waals surface area contributed by atoms with Crippen molar-refractivity contribution in [3.63, 3.8) is 0 Å². The lowest BCUT2D eigenvalue weighted by atomic mass is 10.1. The molecule has 0 aliphatic rings. The van der Waals surface area contributed by atoms with Crippen molar-refractivity contribution in [1.82, 2.24) is 4.98 Å². The van der Waals surface area contributed by atoms with Gasteiger partial charge in [-0.1, -0.05) is 22.0 Å². The number of halogens is 1. The Labute approximate surface area is 80.6 Å². The molecule has 0 saturated heterocycles. The van der Waals surface area contributed by atoms with E-state index in [1.54, 1.807) is 12.3 Å². The van der Waals surface area contributed by atoms with E-state index in [2.05, 4.69) is 27.5 Å². The van der Waals surface area contributed by atoms with Gasteiger partial charge in [0, 0.05) is 10.7 Å². The molecule has 1 unspecified atom stereocenters. The lowest BCUT2D eigenvalue weighted by molar-refractivity contribution is 0.713. The van der Waals surface area contributed by atoms with Crippen LogP contribution >= 0.6 is 15.9 Å². The van der Waals surface area contributed by atoms with Crippen molar-refractivity contribution in [2.24, 2.45) is 5.73 Å². The highest BCUT2D eigenvalue weighted by atomic mass is 79.9. The highest BCUT2D eigenvalue weighted by Gasteiger charge is 2.04. The average molecular weight is 227 g/mol. The summed E-state index contributed by atoms with van der Waals surface area (Å²) in [7, 11) is 0. The third-order valence-corrected chi connectivity index (χ3v) is 2.04. The van der Waals surface area contributed by atoms with Crippen molar-refractivity contribution in [3.05, 3.63) is 41.2 Å². The van der Waals surface area contributed by atoms with Gasteiger partial charge in [0.25, 0.3) is 0 Å². The molecule has 3 heteroatoms. The largest absolute Gasteiger partial charge is 0.322 e. The molecule has 64 valence electrons. The third kappa shape index (κ3) is 2.43. The highest BCUT2D eigenvalue weighted by Crippen LogP contribution is 2.16. The first-order chi connectivity index (χ1) is 5.74. The Morgan fingerprint density at radius 1 is 1.75 bits per heavy atom. The first kappa shape index (κ1) is 9.42. The summed E-state index contributed by atoms with van der Waals surface area (Å²) in [6.45, 7) is 3.63. The molecule has 0 amide bonds. The molecule has 1 aromatic rings. The van der Waals surface area contributed by atoms with Gasteiger partial charge < -0.3 is 5.73 Å². The van der Waals surface area contributed by atoms with Gasteiger partial charge in [0.15, 0.2) is 0 Å². The van der Waals surface area contributed by atoms with Gasteiger partial charge in [-0.25, -0.2) is 0 Å². The van der Waals surface area contributed by atoms with E-state index in [9.17, 15) is 0 Å². The third-order valence-electron chi connectivity index (χ3n) is 1.54. The Morgan fingerprint density at radius 3 is 3.08 bits per heavy atom. The molecule has 0 aromatic carbocycles. The molecule has 1 rings (SSSR count). The molecule has 0 aliphatic heterocycles. The van der Waals surface area contributed by atoms with Gasteiger partial charge in [0.05, 0.1) is 11.7 Å². The Morgan fingerprint density at radius 2 is 2.50 bits per heavy atom. The number of pyridine rings is 1. The van der Waals surface area contributed by atoms with E-state index >= 15 is 0 Å². The van der Waals surface area contributed by atoms with Crippen LogP contribution in [0.15, 0.2) is 35.5 Å². The SMILES string of the molecule is C=CCC(N)c1cc(Br)ccn1. The van der Waals surface area contributed by atoms with Crippen LogP contribution in [-0.4, -0.2) is 4.98 Å². The molecule has 12 heavy (non-hydrogen) atoms. The Bertz CT molecular complexity index is 273. The van der Waals surface area contributed by atoms with Gasteiger partial charge in [-0.15, -0.1) is 6.58 Å². The standard InChI is InChI=1S/C9H11BrN2/c1-2-3-8(11)9-6-7(10)4-5-12-9/h2,4-6,8H,1,3,11H2. The maximum Gasteiger partial charge on any atom is 0.0585 e. The minimum atomic E-state index is -0.0417. The van der Waals surface area contributed by atoms with E-state index < -0.39 is 0 Å². The van der Waals surface area contributed by atoms with Gasteiger partial charge in [0.2, 0.25) is 0 Å². The molecule has 0 aliphatic carbocycles. The van der Waals surface area contributed by atoms with Crippen LogP contribution in [0.3, 0.4) is 0 Å². The molecule has 2 N–H and O–H groups in total. The van der Waals surface area contributed by atoms with Crippen LogP contribution in [0.1, 0.15) is 18.2 Å². The zero-order chi connectivity index (χ0) is 8.97. The Hall–Kier alpha value is -0.670. The summed E-state index contributed by atoms with van der Waals surface area (Å²) < 4.78 is 1.01. The number of nitrogens with zero attached hydrogens (tertiary/aromatic N) is 1. The quantitative estimate of drug-likeness (QED) is 0.805. The minimum absolute atomic E-state index is 0.0417. The lowest BCUT2D eigenvalue weighted by Crippen LogP contribution is -2.10. The number of rotatable bonds is 3. The number of hydrogen-bond donors (Lipinski definition) is 1. The molecule has 0 spiro atoms. The average Bonchev–Trinajstić information content (AvgIpc) is 2.05. The molecular formula is C9H11BrN2. The first-order valence-corrected chi connectivity index (χ1v) is 4.51. The molecule has 2 nitrogen and oxygen atoms in total. The second-order valence-corrected chi connectivity index (χ2v) is 3.45. The topological polar surface area (TPSA) is 38.9 Å². The Kier molecular flexibility index (Phi) is 3.44. The van der Waals surface area contributed by atoms with E-state index in [4.69, 9.17) is 5.73 Å². The van der Waals surface area contributed by atoms with Gasteiger partial charge in [-0.05, 0) is 18.6 Å². The van der Waals surface area contributed by atoms with E-state index in [1.165, 1.54) is 0 Å². The summed E-state index contributed by atoms with van der Waals surface area (Å²) >= 11 is 3.36. The second-order valence-electron chi connectivity index (χ2n) is 2.53. The van der Waals surface area contributed by atoms with Crippen LogP contribution in [0.25, 0.3) is 0 Å². The summed E-state index contributed by atoms with van der Waals surface area (Å²) in [5, 5.41) is 0. The summed E-state index contributed by atoms with van der Waals surface area (Å²) in [6, 6.07) is 3.76. The molecule has 1 heterocycles. The van der Waals surface area contributed by atoms with Crippen LogP contribution in [-0.2, 0) is 0 Å². The van der Waals surface area contributed by atoms with Gasteiger partial charge in [0.1, 0.15) is 0 Å². The summed E-state index contributed by atoms with van der Waals surface area (Å²) in [5.74, 6) is 0. The molecule has 0 radical (unpaired) electrons. The van der Waals surface area contributed by atoms with Gasteiger partial charge >= 0.3 is 0 Å². The Balaban J connectivity index is 2.80. The summed E-state index contributed by atoms with van der Waals surface area (Å²) in [5.41, 5.74) is 6.71. The monoisotopic (exact) mass is 226 g/mol. The van der Waals surface area contributed by atoms with Crippen molar-refractivity contribution < 1.29 is 0 Å². The molecular weight excluding hydrogens is 216 g/mol. The number of hydrogen-bond acceptors (Lipinski definition) is 2. The van der Waals surface area contributed by atoms with E-state index in [-0.39, 0.29) is 6.04 Å². The smallest absolute Gasteiger partial charge is 0.0585 e. The molecule has 0 bridgehead atoms. The molecule has 0 fully saturated rings. The van der Waals surface area contributed by atoms with E-state index in [0.29, 0.717) is 0 Å². The predicted octanol–water partition coefficient (Wildman–Crippen LogP) is 2.42. The fraction of sp³-hybridized carbons (Fsp3) is 0.222. The maximum atomic E-state index is 5.82. The minimum Gasteiger partial charge on any atom is -0.322 e. The van der Waals surface area contributed by atoms with Crippen molar-refractivity contribution >= 4 is 15.9 Å². The van der Waals surface area contributed by atoms with Crippen LogP contribution in [0, 0.1) is 0 Å². The van der Waals surface area contributed by atoms with Crippen LogP contribution in [0.5, 0.6) is 0 Å². The summed E-state index contributed by atoms with van der Waals surface area (Å²) in [6.07, 6.45) is 4.29. The maximum absolute atomic E-state index is 5.82. The lowest BCUT2D eigenvalue weighted by Gasteiger charge is -2.07. The van der Waals surface area contributed by atoms with Crippen LogP contribution in [0.2, 0.25) is 0 Å². The van der Waals surface area contributed by atoms with Crippen molar-refractivity contribution in [2.45, 2.75) is 12.5 Å². The van der Waals surface area contributed by atoms with Gasteiger partial charge in [-0.2, -0.15) is 0 Å². The molecule has 0 saturated carbocycles. The van der Waals surface area contributed by atoms with Gasteiger partial charge in [-0.3, -0.25) is 4.98 Å². The van der Waals surface area contributed by atoms with Crippen LogP contribution < -0.4 is 5.73 Å². The van der Waals surface area contributed by atoms with E-state index in [1.807, 2.05) is 12.1 Å². The second kappa shape index (κ2) is 4.38. The molecule has 1 aromatic heterocycles. The zero-order valence-electron chi connectivity index (χ0n) is 6.70. The van der Waals surface area contributed by atoms with Crippen LogP contribution in [0.4, 0.5) is 0 Å². The molecule has 1 atom stereocenters. The van der Waals surface area contributed by atoms with Crippen molar-refractivity contribution in [3.8, 4) is 0 Å². The van der Waals surface area contributed by atoms with Crippen molar-refractivity contribution in [2.75, 3.05) is 0 Å². The first-order valence-electron chi connectivity index (χ1n) is 3.72. The normalized spacial score (nSPS) is 12.5.